The van der Waals surface area contributed by atoms with Crippen molar-refractivity contribution in [1.82, 2.24) is 10.6 Å². The molecular formula is C14H22N2O2. The van der Waals surface area contributed by atoms with Crippen molar-refractivity contribution in [1.29, 1.82) is 0 Å². The summed E-state index contributed by atoms with van der Waals surface area (Å²) < 4.78 is 5.28. The molecule has 2 rings (SSSR count). The Hall–Kier alpha value is -1.29. The fourth-order valence-corrected chi connectivity index (χ4v) is 2.41. The Kier molecular flexibility index (Phi) is 4.07. The van der Waals surface area contributed by atoms with Gasteiger partial charge in [0.25, 0.3) is 5.91 Å². The Balaban J connectivity index is 1.92. The quantitative estimate of drug-likeness (QED) is 0.859. The Morgan fingerprint density at radius 2 is 2.22 bits per heavy atom. The molecule has 1 amide bonds. The van der Waals surface area contributed by atoms with Crippen LogP contribution in [0, 0.1) is 5.41 Å². The summed E-state index contributed by atoms with van der Waals surface area (Å²) in [6.45, 7) is 7.05. The largest absolute Gasteiger partial charge is 0.469 e. The van der Waals surface area contributed by atoms with E-state index in [4.69, 9.17) is 4.42 Å². The first-order valence-corrected chi connectivity index (χ1v) is 6.70. The van der Waals surface area contributed by atoms with Crippen LogP contribution in [0.3, 0.4) is 0 Å². The molecule has 0 aliphatic carbocycles. The van der Waals surface area contributed by atoms with Crippen molar-refractivity contribution in [2.75, 3.05) is 19.6 Å². The molecule has 1 saturated heterocycles. The highest BCUT2D eigenvalue weighted by atomic mass is 16.3. The summed E-state index contributed by atoms with van der Waals surface area (Å²) in [4.78, 5) is 12.1. The van der Waals surface area contributed by atoms with Gasteiger partial charge < -0.3 is 15.1 Å². The molecule has 1 aromatic heterocycles. The van der Waals surface area contributed by atoms with Gasteiger partial charge in [0.2, 0.25) is 0 Å². The second kappa shape index (κ2) is 5.57. The van der Waals surface area contributed by atoms with Crippen molar-refractivity contribution in [3.8, 4) is 0 Å². The minimum Gasteiger partial charge on any atom is -0.469 e. The van der Waals surface area contributed by atoms with Crippen molar-refractivity contribution in [2.24, 2.45) is 5.41 Å². The van der Waals surface area contributed by atoms with Gasteiger partial charge in [0, 0.05) is 13.0 Å². The smallest absolute Gasteiger partial charge is 0.254 e. The van der Waals surface area contributed by atoms with Gasteiger partial charge in [0.15, 0.2) is 0 Å². The molecule has 2 N–H and O–H groups in total. The van der Waals surface area contributed by atoms with Gasteiger partial charge in [0.05, 0.1) is 11.8 Å². The zero-order chi connectivity index (χ0) is 13.0. The molecule has 0 atom stereocenters. The first kappa shape index (κ1) is 13.1. The maximum Gasteiger partial charge on any atom is 0.254 e. The maximum atomic E-state index is 12.1. The van der Waals surface area contributed by atoms with Gasteiger partial charge in [-0.25, -0.2) is 0 Å². The Morgan fingerprint density at radius 3 is 2.89 bits per heavy atom. The van der Waals surface area contributed by atoms with Crippen LogP contribution < -0.4 is 10.6 Å². The number of aryl methyl sites for hydroxylation is 1. The SMILES string of the molecule is CCc1occc1C(=O)NCC1(C)CCNCC1. The summed E-state index contributed by atoms with van der Waals surface area (Å²) in [6.07, 6.45) is 4.55. The lowest BCUT2D eigenvalue weighted by atomic mass is 9.81. The molecule has 0 saturated carbocycles. The van der Waals surface area contributed by atoms with E-state index in [-0.39, 0.29) is 11.3 Å². The summed E-state index contributed by atoms with van der Waals surface area (Å²) in [6, 6.07) is 1.75. The van der Waals surface area contributed by atoms with Crippen LogP contribution in [0.5, 0.6) is 0 Å². The lowest BCUT2D eigenvalue weighted by Crippen LogP contribution is -2.42. The van der Waals surface area contributed by atoms with E-state index in [0.717, 1.165) is 44.7 Å². The lowest BCUT2D eigenvalue weighted by Gasteiger charge is -2.34. The van der Waals surface area contributed by atoms with Crippen molar-refractivity contribution in [3.63, 3.8) is 0 Å². The normalized spacial score (nSPS) is 18.6. The van der Waals surface area contributed by atoms with Gasteiger partial charge in [-0.1, -0.05) is 13.8 Å². The number of hydrogen-bond acceptors (Lipinski definition) is 3. The van der Waals surface area contributed by atoms with E-state index >= 15 is 0 Å². The molecule has 0 unspecified atom stereocenters. The average molecular weight is 250 g/mol. The van der Waals surface area contributed by atoms with Gasteiger partial charge in [-0.2, -0.15) is 0 Å². The van der Waals surface area contributed by atoms with Gasteiger partial charge in [-0.15, -0.1) is 0 Å². The molecule has 1 aromatic rings. The highest BCUT2D eigenvalue weighted by Gasteiger charge is 2.27. The molecule has 1 aliphatic heterocycles. The predicted octanol–water partition coefficient (Wildman–Crippen LogP) is 1.96. The number of carbonyl (C=O) groups is 1. The third kappa shape index (κ3) is 2.93. The predicted molar refractivity (Wildman–Crippen MR) is 70.6 cm³/mol. The second-order valence-electron chi connectivity index (χ2n) is 5.35. The first-order chi connectivity index (χ1) is 8.64. The number of rotatable bonds is 4. The zero-order valence-electron chi connectivity index (χ0n) is 11.2. The van der Waals surface area contributed by atoms with E-state index in [2.05, 4.69) is 17.6 Å². The lowest BCUT2D eigenvalue weighted by molar-refractivity contribution is 0.0920. The number of amides is 1. The molecule has 4 nitrogen and oxygen atoms in total. The summed E-state index contributed by atoms with van der Waals surface area (Å²) in [5.41, 5.74) is 0.895. The van der Waals surface area contributed by atoms with Crippen LogP contribution in [0.15, 0.2) is 16.7 Å². The molecular weight excluding hydrogens is 228 g/mol. The van der Waals surface area contributed by atoms with Gasteiger partial charge in [0.1, 0.15) is 5.76 Å². The van der Waals surface area contributed by atoms with Crippen LogP contribution in [0.4, 0.5) is 0 Å². The summed E-state index contributed by atoms with van der Waals surface area (Å²) >= 11 is 0. The van der Waals surface area contributed by atoms with Crippen LogP contribution >= 0.6 is 0 Å². The van der Waals surface area contributed by atoms with E-state index < -0.39 is 0 Å². The molecule has 2 heterocycles. The molecule has 0 radical (unpaired) electrons. The van der Waals surface area contributed by atoms with E-state index in [1.807, 2.05) is 6.92 Å². The number of nitrogens with one attached hydrogen (secondary N) is 2. The van der Waals surface area contributed by atoms with Crippen LogP contribution in [0.25, 0.3) is 0 Å². The second-order valence-corrected chi connectivity index (χ2v) is 5.35. The molecule has 100 valence electrons. The third-order valence-electron chi connectivity index (χ3n) is 3.80. The van der Waals surface area contributed by atoms with Gasteiger partial charge in [-0.05, 0) is 37.4 Å². The van der Waals surface area contributed by atoms with Crippen LogP contribution in [0.2, 0.25) is 0 Å². The van der Waals surface area contributed by atoms with Crippen LogP contribution in [-0.4, -0.2) is 25.5 Å². The standard InChI is InChI=1S/C14H22N2O2/c1-3-12-11(4-9-18-12)13(17)16-10-14(2)5-7-15-8-6-14/h4,9,15H,3,5-8,10H2,1-2H3,(H,16,17). The molecule has 4 heteroatoms. The van der Waals surface area contributed by atoms with Crippen molar-refractivity contribution < 1.29 is 9.21 Å². The molecule has 1 fully saturated rings. The summed E-state index contributed by atoms with van der Waals surface area (Å²) in [5, 5.41) is 6.39. The molecule has 0 bridgehead atoms. The average Bonchev–Trinajstić information content (AvgIpc) is 2.85. The third-order valence-corrected chi connectivity index (χ3v) is 3.80. The maximum absolute atomic E-state index is 12.1. The highest BCUT2D eigenvalue weighted by molar-refractivity contribution is 5.95. The number of carbonyl (C=O) groups excluding carboxylic acids is 1. The fraction of sp³-hybridized carbons (Fsp3) is 0.643. The van der Waals surface area contributed by atoms with Crippen molar-refractivity contribution >= 4 is 5.91 Å². The molecule has 0 spiro atoms. The fourth-order valence-electron chi connectivity index (χ4n) is 2.41. The van der Waals surface area contributed by atoms with Gasteiger partial charge in [-0.3, -0.25) is 4.79 Å². The highest BCUT2D eigenvalue weighted by Crippen LogP contribution is 2.26. The Morgan fingerprint density at radius 1 is 1.50 bits per heavy atom. The van der Waals surface area contributed by atoms with Crippen LogP contribution in [0.1, 0.15) is 42.8 Å². The van der Waals surface area contributed by atoms with Crippen molar-refractivity contribution in [2.45, 2.75) is 33.1 Å². The van der Waals surface area contributed by atoms with E-state index in [1.54, 1.807) is 12.3 Å². The number of furan rings is 1. The number of piperidine rings is 1. The first-order valence-electron chi connectivity index (χ1n) is 6.70. The Labute approximate surface area is 108 Å². The summed E-state index contributed by atoms with van der Waals surface area (Å²) in [7, 11) is 0. The minimum absolute atomic E-state index is 0.0136. The van der Waals surface area contributed by atoms with E-state index in [9.17, 15) is 4.79 Å². The van der Waals surface area contributed by atoms with Crippen LogP contribution in [-0.2, 0) is 6.42 Å². The van der Waals surface area contributed by atoms with Crippen molar-refractivity contribution in [3.05, 3.63) is 23.7 Å². The van der Waals surface area contributed by atoms with E-state index in [0.29, 0.717) is 5.56 Å². The number of hydrogen-bond donors (Lipinski definition) is 2. The van der Waals surface area contributed by atoms with E-state index in [1.165, 1.54) is 0 Å². The summed E-state index contributed by atoms with van der Waals surface area (Å²) in [5.74, 6) is 0.753. The molecule has 18 heavy (non-hydrogen) atoms. The minimum atomic E-state index is -0.0136. The molecule has 0 aromatic carbocycles. The Bertz CT molecular complexity index is 406. The topological polar surface area (TPSA) is 54.3 Å². The zero-order valence-corrected chi connectivity index (χ0v) is 11.2. The monoisotopic (exact) mass is 250 g/mol. The molecule has 1 aliphatic rings. The van der Waals surface area contributed by atoms with Gasteiger partial charge >= 0.3 is 0 Å².